The third-order valence-corrected chi connectivity index (χ3v) is 6.63. The molecule has 2 aromatic rings. The van der Waals surface area contributed by atoms with Crippen molar-refractivity contribution in [2.75, 3.05) is 13.7 Å². The maximum Gasteiger partial charge on any atom is 0.252 e. The molecule has 1 amide bonds. The summed E-state index contributed by atoms with van der Waals surface area (Å²) in [5, 5.41) is 0.348. The summed E-state index contributed by atoms with van der Waals surface area (Å²) >= 11 is 5.88. The van der Waals surface area contributed by atoms with E-state index in [1.807, 2.05) is 6.92 Å². The number of primary amides is 1. The molecule has 0 heterocycles. The molecule has 0 saturated heterocycles. The maximum absolute atomic E-state index is 13.0. The van der Waals surface area contributed by atoms with Crippen LogP contribution in [0.2, 0.25) is 5.02 Å². The monoisotopic (exact) mass is 440 g/mol. The minimum absolute atomic E-state index is 0.00558. The summed E-state index contributed by atoms with van der Waals surface area (Å²) in [5.74, 6) is 0.188. The van der Waals surface area contributed by atoms with Gasteiger partial charge in [0.05, 0.1) is 23.6 Å². The van der Waals surface area contributed by atoms with Crippen LogP contribution in [-0.2, 0) is 10.0 Å². The van der Waals surface area contributed by atoms with Crippen molar-refractivity contribution in [1.82, 2.24) is 4.72 Å². The van der Waals surface area contributed by atoms with E-state index in [4.69, 9.17) is 26.8 Å². The highest BCUT2D eigenvalue weighted by atomic mass is 35.5. The third kappa shape index (κ3) is 5.20. The minimum Gasteiger partial charge on any atom is -0.496 e. The predicted octanol–water partition coefficient (Wildman–Crippen LogP) is 3.12. The molecule has 0 aliphatic rings. The zero-order chi connectivity index (χ0) is 21.9. The maximum atomic E-state index is 13.0. The summed E-state index contributed by atoms with van der Waals surface area (Å²) < 4.78 is 39.5. The number of methoxy groups -OCH3 is 1. The van der Waals surface area contributed by atoms with E-state index >= 15 is 0 Å². The van der Waals surface area contributed by atoms with Gasteiger partial charge in [-0.2, -0.15) is 0 Å². The molecule has 0 saturated carbocycles. The van der Waals surface area contributed by atoms with Gasteiger partial charge in [0.2, 0.25) is 10.0 Å². The van der Waals surface area contributed by atoms with Gasteiger partial charge in [-0.1, -0.05) is 11.6 Å². The summed E-state index contributed by atoms with van der Waals surface area (Å²) in [6.07, 6.45) is 0. The number of amides is 1. The highest BCUT2D eigenvalue weighted by molar-refractivity contribution is 7.89. The Morgan fingerprint density at radius 2 is 1.83 bits per heavy atom. The second-order valence-electron chi connectivity index (χ2n) is 6.81. The first-order valence-electron chi connectivity index (χ1n) is 8.87. The average molecular weight is 441 g/mol. The fourth-order valence-electron chi connectivity index (χ4n) is 3.04. The van der Waals surface area contributed by atoms with Crippen molar-refractivity contribution in [2.24, 2.45) is 5.73 Å². The van der Waals surface area contributed by atoms with Crippen molar-refractivity contribution in [3.05, 3.63) is 51.5 Å². The fourth-order valence-corrected chi connectivity index (χ4v) is 4.97. The van der Waals surface area contributed by atoms with Crippen LogP contribution in [-0.4, -0.2) is 34.1 Å². The van der Waals surface area contributed by atoms with Crippen molar-refractivity contribution < 1.29 is 22.7 Å². The van der Waals surface area contributed by atoms with Gasteiger partial charge in [-0.05, 0) is 68.7 Å². The fraction of sp³-hybridized carbons (Fsp3) is 0.350. The first kappa shape index (κ1) is 23.0. The number of ether oxygens (including phenoxy) is 2. The molecule has 158 valence electrons. The van der Waals surface area contributed by atoms with Crippen molar-refractivity contribution in [3.8, 4) is 11.5 Å². The number of halogens is 1. The number of aryl methyl sites for hydroxylation is 1. The lowest BCUT2D eigenvalue weighted by molar-refractivity contribution is 0.0996. The van der Waals surface area contributed by atoms with E-state index in [-0.39, 0.29) is 22.8 Å². The third-order valence-electron chi connectivity index (χ3n) is 4.52. The van der Waals surface area contributed by atoms with Crippen LogP contribution in [0.1, 0.15) is 34.0 Å². The highest BCUT2D eigenvalue weighted by Crippen LogP contribution is 2.30. The van der Waals surface area contributed by atoms with Gasteiger partial charge in [-0.25, -0.2) is 13.1 Å². The molecule has 2 rings (SSSR count). The molecule has 0 aliphatic heterocycles. The molecule has 2 aromatic carbocycles. The van der Waals surface area contributed by atoms with E-state index in [1.165, 1.54) is 12.1 Å². The van der Waals surface area contributed by atoms with Crippen molar-refractivity contribution in [1.29, 1.82) is 0 Å². The lowest BCUT2D eigenvalue weighted by Crippen LogP contribution is -2.37. The lowest BCUT2D eigenvalue weighted by atomic mass is 10.1. The molecule has 3 N–H and O–H groups in total. The summed E-state index contributed by atoms with van der Waals surface area (Å²) in [6, 6.07) is 5.61. The number of hydrogen-bond donors (Lipinski definition) is 2. The van der Waals surface area contributed by atoms with Gasteiger partial charge in [0.1, 0.15) is 18.1 Å². The number of hydrogen-bond acceptors (Lipinski definition) is 5. The Labute approximate surface area is 176 Å². The van der Waals surface area contributed by atoms with Gasteiger partial charge in [-0.15, -0.1) is 0 Å². The summed E-state index contributed by atoms with van der Waals surface area (Å²) in [7, 11) is -2.26. The SMILES string of the molecule is COc1cc(C)c(S(=O)(=O)N[C@@H](C)COc2ccc(Cl)cc2C(N)=O)c(C)c1C. The molecule has 0 aliphatic carbocycles. The van der Waals surface area contributed by atoms with E-state index in [2.05, 4.69) is 4.72 Å². The average Bonchev–Trinajstić information content (AvgIpc) is 2.62. The molecule has 29 heavy (non-hydrogen) atoms. The first-order valence-corrected chi connectivity index (χ1v) is 10.7. The molecule has 7 nitrogen and oxygen atoms in total. The lowest BCUT2D eigenvalue weighted by Gasteiger charge is -2.20. The van der Waals surface area contributed by atoms with Crippen LogP contribution in [0.25, 0.3) is 0 Å². The van der Waals surface area contributed by atoms with Crippen LogP contribution in [0.5, 0.6) is 11.5 Å². The molecule has 9 heteroatoms. The molecule has 0 spiro atoms. The van der Waals surface area contributed by atoms with Gasteiger partial charge < -0.3 is 15.2 Å². The number of nitrogens with one attached hydrogen (secondary N) is 1. The summed E-state index contributed by atoms with van der Waals surface area (Å²) in [5.41, 5.74) is 7.43. The summed E-state index contributed by atoms with van der Waals surface area (Å²) in [4.78, 5) is 11.8. The molecular formula is C20H25ClN2O5S. The quantitative estimate of drug-likeness (QED) is 0.655. The number of carbonyl (C=O) groups is 1. The zero-order valence-corrected chi connectivity index (χ0v) is 18.6. The van der Waals surface area contributed by atoms with Gasteiger partial charge in [0, 0.05) is 5.02 Å². The first-order chi connectivity index (χ1) is 13.5. The molecule has 0 fully saturated rings. The van der Waals surface area contributed by atoms with E-state index in [9.17, 15) is 13.2 Å². The van der Waals surface area contributed by atoms with Crippen molar-refractivity contribution in [3.63, 3.8) is 0 Å². The number of nitrogens with two attached hydrogens (primary N) is 1. The summed E-state index contributed by atoms with van der Waals surface area (Å²) in [6.45, 7) is 6.93. The largest absolute Gasteiger partial charge is 0.496 e. The van der Waals surface area contributed by atoms with Gasteiger partial charge >= 0.3 is 0 Å². The molecule has 0 unspecified atom stereocenters. The highest BCUT2D eigenvalue weighted by Gasteiger charge is 2.25. The minimum atomic E-state index is -3.80. The van der Waals surface area contributed by atoms with Gasteiger partial charge in [-0.3, -0.25) is 4.79 Å². The Balaban J connectivity index is 2.20. The number of benzene rings is 2. The molecule has 0 aromatic heterocycles. The zero-order valence-electron chi connectivity index (χ0n) is 17.0. The van der Waals surface area contributed by atoms with Gasteiger partial charge in [0.25, 0.3) is 5.91 Å². The van der Waals surface area contributed by atoms with Crippen molar-refractivity contribution >= 4 is 27.5 Å². The van der Waals surface area contributed by atoms with Crippen LogP contribution in [0.3, 0.4) is 0 Å². The molecule has 1 atom stereocenters. The Kier molecular flexibility index (Phi) is 7.15. The second kappa shape index (κ2) is 9.02. The Hall–Kier alpha value is -2.29. The van der Waals surface area contributed by atoms with Crippen LogP contribution >= 0.6 is 11.6 Å². The van der Waals surface area contributed by atoms with Crippen molar-refractivity contribution in [2.45, 2.75) is 38.6 Å². The topological polar surface area (TPSA) is 108 Å². The molecule has 0 bridgehead atoms. The number of rotatable bonds is 8. The molecular weight excluding hydrogens is 416 g/mol. The van der Waals surface area contributed by atoms with E-state index < -0.39 is 22.0 Å². The Morgan fingerprint density at radius 3 is 2.41 bits per heavy atom. The van der Waals surface area contributed by atoms with Crippen LogP contribution in [0.4, 0.5) is 0 Å². The standard InChI is InChI=1S/C20H25ClN2O5S/c1-11-8-18(27-5)13(3)14(4)19(11)29(25,26)23-12(2)10-28-17-7-6-15(21)9-16(17)20(22)24/h6-9,12,23H,10H2,1-5H3,(H2,22,24)/t12-/m0/s1. The van der Waals surface area contributed by atoms with E-state index in [0.29, 0.717) is 21.9 Å². The van der Waals surface area contributed by atoms with E-state index in [0.717, 1.165) is 5.56 Å². The Morgan fingerprint density at radius 1 is 1.17 bits per heavy atom. The normalized spacial score (nSPS) is 12.5. The van der Waals surface area contributed by atoms with Crippen LogP contribution in [0.15, 0.2) is 29.2 Å². The van der Waals surface area contributed by atoms with E-state index in [1.54, 1.807) is 40.0 Å². The van der Waals surface area contributed by atoms with Crippen LogP contribution in [0, 0.1) is 20.8 Å². The smallest absolute Gasteiger partial charge is 0.252 e. The Bertz CT molecular complexity index is 1040. The number of sulfonamides is 1. The van der Waals surface area contributed by atoms with Gasteiger partial charge in [0.15, 0.2) is 0 Å². The predicted molar refractivity (Wildman–Crippen MR) is 112 cm³/mol. The molecule has 0 radical (unpaired) electrons. The van der Waals surface area contributed by atoms with Crippen LogP contribution < -0.4 is 19.9 Å². The number of carbonyl (C=O) groups excluding carboxylic acids is 1. The second-order valence-corrected chi connectivity index (χ2v) is 8.90.